The number of hydrazone groups is 1. The minimum absolute atomic E-state index is 0.0333. The van der Waals surface area contributed by atoms with Gasteiger partial charge in [-0.1, -0.05) is 56.3 Å². The van der Waals surface area contributed by atoms with E-state index in [1.54, 1.807) is 39.0 Å². The normalized spacial score (nSPS) is 12.0. The Morgan fingerprint density at radius 3 is 2.53 bits per heavy atom. The van der Waals surface area contributed by atoms with E-state index in [9.17, 15) is 19.7 Å². The van der Waals surface area contributed by atoms with Crippen LogP contribution in [0.2, 0.25) is 0 Å². The van der Waals surface area contributed by atoms with Gasteiger partial charge in [-0.2, -0.15) is 5.10 Å². The Balaban J connectivity index is 1.56. The number of hydrogen-bond acceptors (Lipinski definition) is 6. The molecular formula is C25H26N4O5. The summed E-state index contributed by atoms with van der Waals surface area (Å²) in [5.74, 6) is -0.608. The van der Waals surface area contributed by atoms with Gasteiger partial charge in [0.15, 0.2) is 6.61 Å². The first-order valence-corrected chi connectivity index (χ1v) is 10.7. The molecule has 9 nitrogen and oxygen atoms in total. The maximum atomic E-state index is 12.6. The van der Waals surface area contributed by atoms with Gasteiger partial charge in [0.25, 0.3) is 17.5 Å². The SMILES string of the molecule is Cc1ccc(/C=N\NC(=O)[C@H](NC(=O)COc2ccc3ccccc3c2)C(C)C)cc1[N+](=O)[O-]. The number of ether oxygens (including phenoxy) is 1. The Labute approximate surface area is 197 Å². The molecule has 2 N–H and O–H groups in total. The molecule has 34 heavy (non-hydrogen) atoms. The Morgan fingerprint density at radius 2 is 1.82 bits per heavy atom. The number of benzene rings is 3. The number of aryl methyl sites for hydroxylation is 1. The quantitative estimate of drug-likeness (QED) is 0.285. The number of carbonyl (C=O) groups is 2. The smallest absolute Gasteiger partial charge is 0.272 e. The maximum Gasteiger partial charge on any atom is 0.272 e. The Bertz CT molecular complexity index is 1240. The van der Waals surface area contributed by atoms with Gasteiger partial charge in [-0.25, -0.2) is 5.43 Å². The number of carbonyl (C=O) groups excluding carboxylic acids is 2. The van der Waals surface area contributed by atoms with Crippen LogP contribution in [0.25, 0.3) is 10.8 Å². The van der Waals surface area contributed by atoms with Crippen LogP contribution in [0.15, 0.2) is 65.8 Å². The first kappa shape index (κ1) is 24.4. The third-order valence-electron chi connectivity index (χ3n) is 5.17. The van der Waals surface area contributed by atoms with E-state index in [-0.39, 0.29) is 18.2 Å². The number of amides is 2. The van der Waals surface area contributed by atoms with Crippen molar-refractivity contribution in [1.29, 1.82) is 0 Å². The van der Waals surface area contributed by atoms with Crippen molar-refractivity contribution >= 4 is 34.5 Å². The van der Waals surface area contributed by atoms with Gasteiger partial charge < -0.3 is 10.1 Å². The molecule has 0 unspecified atom stereocenters. The fourth-order valence-electron chi connectivity index (χ4n) is 3.30. The van der Waals surface area contributed by atoms with Crippen molar-refractivity contribution in [2.45, 2.75) is 26.8 Å². The predicted octanol–water partition coefficient (Wildman–Crippen LogP) is 3.73. The molecule has 0 radical (unpaired) electrons. The molecule has 3 rings (SSSR count). The molecule has 9 heteroatoms. The summed E-state index contributed by atoms with van der Waals surface area (Å²) in [4.78, 5) is 35.6. The molecule has 0 fully saturated rings. The van der Waals surface area contributed by atoms with Crippen LogP contribution >= 0.6 is 0 Å². The lowest BCUT2D eigenvalue weighted by atomic mass is 10.0. The van der Waals surface area contributed by atoms with Crippen LogP contribution in [0.4, 0.5) is 5.69 Å². The van der Waals surface area contributed by atoms with Gasteiger partial charge in [-0.15, -0.1) is 0 Å². The first-order chi connectivity index (χ1) is 16.2. The largest absolute Gasteiger partial charge is 0.484 e. The molecule has 0 aliphatic carbocycles. The molecule has 3 aromatic rings. The van der Waals surface area contributed by atoms with Crippen LogP contribution in [0.1, 0.15) is 25.0 Å². The third kappa shape index (κ3) is 6.38. The zero-order valence-corrected chi connectivity index (χ0v) is 19.1. The number of fused-ring (bicyclic) bond motifs is 1. The summed E-state index contributed by atoms with van der Waals surface area (Å²) in [6.45, 7) is 4.98. The number of hydrogen-bond donors (Lipinski definition) is 2. The fourth-order valence-corrected chi connectivity index (χ4v) is 3.30. The van der Waals surface area contributed by atoms with E-state index >= 15 is 0 Å². The first-order valence-electron chi connectivity index (χ1n) is 10.7. The average Bonchev–Trinajstić information content (AvgIpc) is 2.81. The number of rotatable bonds is 9. The summed E-state index contributed by atoms with van der Waals surface area (Å²) >= 11 is 0. The third-order valence-corrected chi connectivity index (χ3v) is 5.17. The molecular weight excluding hydrogens is 436 g/mol. The fraction of sp³-hybridized carbons (Fsp3) is 0.240. The van der Waals surface area contributed by atoms with Gasteiger partial charge in [-0.3, -0.25) is 19.7 Å². The summed E-state index contributed by atoms with van der Waals surface area (Å²) in [6, 6.07) is 17.2. The van der Waals surface area contributed by atoms with Crippen molar-refractivity contribution < 1.29 is 19.2 Å². The second kappa shape index (κ2) is 11.0. The summed E-state index contributed by atoms with van der Waals surface area (Å²) in [7, 11) is 0. The molecule has 0 aromatic heterocycles. The van der Waals surface area contributed by atoms with E-state index in [2.05, 4.69) is 15.8 Å². The van der Waals surface area contributed by atoms with Crippen molar-refractivity contribution in [3.63, 3.8) is 0 Å². The van der Waals surface area contributed by atoms with Crippen LogP contribution in [0, 0.1) is 23.0 Å². The Morgan fingerprint density at radius 1 is 1.09 bits per heavy atom. The highest BCUT2D eigenvalue weighted by Gasteiger charge is 2.24. The maximum absolute atomic E-state index is 12.6. The van der Waals surface area contributed by atoms with Crippen molar-refractivity contribution in [2.75, 3.05) is 6.61 Å². The van der Waals surface area contributed by atoms with Gasteiger partial charge in [-0.05, 0) is 35.7 Å². The minimum atomic E-state index is -0.836. The lowest BCUT2D eigenvalue weighted by Gasteiger charge is -2.20. The molecule has 0 spiro atoms. The molecule has 2 amide bonds. The van der Waals surface area contributed by atoms with Crippen molar-refractivity contribution in [2.24, 2.45) is 11.0 Å². The van der Waals surface area contributed by atoms with Gasteiger partial charge >= 0.3 is 0 Å². The van der Waals surface area contributed by atoms with Gasteiger partial charge in [0, 0.05) is 17.2 Å². The highest BCUT2D eigenvalue weighted by Crippen LogP contribution is 2.20. The zero-order valence-electron chi connectivity index (χ0n) is 19.1. The molecule has 0 saturated heterocycles. The lowest BCUT2D eigenvalue weighted by Crippen LogP contribution is -2.49. The number of nitro groups is 1. The molecule has 0 aliphatic rings. The van der Waals surface area contributed by atoms with Crippen molar-refractivity contribution in [3.8, 4) is 5.75 Å². The average molecular weight is 463 g/mol. The molecule has 1 atom stereocenters. The standard InChI is InChI=1S/C25H26N4O5/c1-16(2)24(25(31)28-26-14-18-9-8-17(3)22(12-18)29(32)33)27-23(30)15-34-21-11-10-19-6-4-5-7-20(19)13-21/h4-14,16,24H,15H2,1-3H3,(H,27,30)(H,28,31)/b26-14-/t24-/m1/s1. The topological polar surface area (TPSA) is 123 Å². The summed E-state index contributed by atoms with van der Waals surface area (Å²) in [6.07, 6.45) is 1.31. The molecule has 3 aromatic carbocycles. The van der Waals surface area contributed by atoms with Crippen molar-refractivity contribution in [3.05, 3.63) is 81.9 Å². The van der Waals surface area contributed by atoms with E-state index in [1.165, 1.54) is 12.3 Å². The second-order valence-electron chi connectivity index (χ2n) is 8.12. The molecule has 0 saturated carbocycles. The van der Waals surface area contributed by atoms with Gasteiger partial charge in [0.05, 0.1) is 11.1 Å². The Hall–Kier alpha value is -4.27. The highest BCUT2D eigenvalue weighted by atomic mass is 16.6. The van der Waals surface area contributed by atoms with Crippen molar-refractivity contribution in [1.82, 2.24) is 10.7 Å². The molecule has 0 aliphatic heterocycles. The van der Waals surface area contributed by atoms with Gasteiger partial charge in [0.2, 0.25) is 0 Å². The predicted molar refractivity (Wildman–Crippen MR) is 130 cm³/mol. The van der Waals surface area contributed by atoms with Gasteiger partial charge in [0.1, 0.15) is 11.8 Å². The zero-order chi connectivity index (χ0) is 24.7. The van der Waals surface area contributed by atoms with E-state index < -0.39 is 22.8 Å². The van der Waals surface area contributed by atoms with Crippen LogP contribution in [0.5, 0.6) is 5.75 Å². The van der Waals surface area contributed by atoms with Crippen LogP contribution in [0.3, 0.4) is 0 Å². The lowest BCUT2D eigenvalue weighted by molar-refractivity contribution is -0.385. The van der Waals surface area contributed by atoms with Crippen LogP contribution in [-0.2, 0) is 9.59 Å². The number of nitrogens with zero attached hydrogens (tertiary/aromatic N) is 2. The van der Waals surface area contributed by atoms with E-state index in [4.69, 9.17) is 4.74 Å². The molecule has 0 bridgehead atoms. The molecule has 0 heterocycles. The summed E-state index contributed by atoms with van der Waals surface area (Å²) in [5.41, 5.74) is 3.34. The van der Waals surface area contributed by atoms with Crippen LogP contribution in [-0.4, -0.2) is 35.6 Å². The number of nitro benzene ring substituents is 1. The second-order valence-corrected chi connectivity index (χ2v) is 8.12. The highest BCUT2D eigenvalue weighted by molar-refractivity contribution is 5.89. The van der Waals surface area contributed by atoms with E-state index in [0.29, 0.717) is 16.9 Å². The number of nitrogens with one attached hydrogen (secondary N) is 2. The Kier molecular flexibility index (Phi) is 7.92. The van der Waals surface area contributed by atoms with E-state index in [0.717, 1.165) is 10.8 Å². The van der Waals surface area contributed by atoms with Crippen LogP contribution < -0.4 is 15.5 Å². The summed E-state index contributed by atoms with van der Waals surface area (Å²) < 4.78 is 5.59. The summed E-state index contributed by atoms with van der Waals surface area (Å²) in [5, 5.41) is 19.7. The monoisotopic (exact) mass is 462 g/mol. The van der Waals surface area contributed by atoms with E-state index in [1.807, 2.05) is 36.4 Å². The minimum Gasteiger partial charge on any atom is -0.484 e. The molecule has 176 valence electrons.